The van der Waals surface area contributed by atoms with Gasteiger partial charge in [0.1, 0.15) is 5.82 Å². The molecule has 1 heterocycles. The summed E-state index contributed by atoms with van der Waals surface area (Å²) in [5.74, 6) is -0.209. The largest absolute Gasteiger partial charge is 0.363 e. The minimum absolute atomic E-state index is 0.209. The highest BCUT2D eigenvalue weighted by Crippen LogP contribution is 2.29. The van der Waals surface area contributed by atoms with E-state index < -0.39 is 0 Å². The first-order chi connectivity index (χ1) is 11.6. The zero-order valence-electron chi connectivity index (χ0n) is 13.9. The minimum Gasteiger partial charge on any atom is -0.363 e. The van der Waals surface area contributed by atoms with Crippen LogP contribution < -0.4 is 0 Å². The predicted molar refractivity (Wildman–Crippen MR) is 99.0 cm³/mol. The van der Waals surface area contributed by atoms with E-state index in [1.165, 1.54) is 25.3 Å². The van der Waals surface area contributed by atoms with Crippen molar-refractivity contribution in [3.05, 3.63) is 63.9 Å². The Labute approximate surface area is 148 Å². The van der Waals surface area contributed by atoms with Gasteiger partial charge in [0.25, 0.3) is 0 Å². The van der Waals surface area contributed by atoms with Crippen molar-refractivity contribution in [1.82, 2.24) is 4.90 Å². The molecule has 126 valence electrons. The molecule has 24 heavy (non-hydrogen) atoms. The number of nitrogens with zero attached hydrogens (tertiary/aromatic N) is 2. The van der Waals surface area contributed by atoms with Gasteiger partial charge in [0.15, 0.2) is 0 Å². The van der Waals surface area contributed by atoms with Crippen molar-refractivity contribution in [2.45, 2.75) is 32.6 Å². The minimum atomic E-state index is -0.209. The van der Waals surface area contributed by atoms with Crippen LogP contribution in [0.2, 0.25) is 5.02 Å². The lowest BCUT2D eigenvalue weighted by molar-refractivity contribution is 0.351. The van der Waals surface area contributed by atoms with E-state index in [0.29, 0.717) is 11.4 Å². The monoisotopic (exact) mass is 344 g/mol. The lowest BCUT2D eigenvalue weighted by atomic mass is 10.00. The zero-order chi connectivity index (χ0) is 16.9. The third-order valence-electron chi connectivity index (χ3n) is 4.44. The first-order valence-corrected chi connectivity index (χ1v) is 8.81. The van der Waals surface area contributed by atoms with Gasteiger partial charge in [0.2, 0.25) is 0 Å². The van der Waals surface area contributed by atoms with Crippen LogP contribution in [0.1, 0.15) is 36.0 Å². The van der Waals surface area contributed by atoms with Gasteiger partial charge >= 0.3 is 0 Å². The Kier molecular flexibility index (Phi) is 5.52. The molecule has 0 aliphatic carbocycles. The molecule has 1 aliphatic heterocycles. The second kappa shape index (κ2) is 7.80. The smallest absolute Gasteiger partial charge is 0.123 e. The van der Waals surface area contributed by atoms with E-state index in [1.807, 2.05) is 31.5 Å². The van der Waals surface area contributed by atoms with Crippen LogP contribution in [0.25, 0.3) is 0 Å². The predicted octanol–water partition coefficient (Wildman–Crippen LogP) is 5.52. The molecule has 0 amide bonds. The Morgan fingerprint density at radius 3 is 2.71 bits per heavy atom. The number of piperidine rings is 1. The van der Waals surface area contributed by atoms with Crippen molar-refractivity contribution in [3.63, 3.8) is 0 Å². The second-order valence-electron chi connectivity index (χ2n) is 6.38. The Morgan fingerprint density at radius 2 is 1.96 bits per heavy atom. The van der Waals surface area contributed by atoms with Crippen LogP contribution in [-0.2, 0) is 6.42 Å². The number of rotatable bonds is 4. The first kappa shape index (κ1) is 17.0. The highest BCUT2D eigenvalue weighted by Gasteiger charge is 2.09. The van der Waals surface area contributed by atoms with Gasteiger partial charge in [-0.15, -0.1) is 0 Å². The van der Waals surface area contributed by atoms with Crippen molar-refractivity contribution >= 4 is 23.6 Å². The van der Waals surface area contributed by atoms with Gasteiger partial charge in [-0.1, -0.05) is 23.7 Å². The summed E-state index contributed by atoms with van der Waals surface area (Å²) in [5.41, 5.74) is 3.96. The molecule has 0 aromatic heterocycles. The fourth-order valence-electron chi connectivity index (χ4n) is 3.04. The third-order valence-corrected chi connectivity index (χ3v) is 4.74. The summed E-state index contributed by atoms with van der Waals surface area (Å²) in [5, 5.41) is 0.639. The van der Waals surface area contributed by atoms with E-state index in [1.54, 1.807) is 12.1 Å². The SMILES string of the molecule is Cc1cc(N=CN2CCCCC2)c(Cl)cc1Cc1cccc(F)c1. The van der Waals surface area contributed by atoms with E-state index in [2.05, 4.69) is 9.89 Å². The van der Waals surface area contributed by atoms with Crippen molar-refractivity contribution in [2.75, 3.05) is 13.1 Å². The number of likely N-dealkylation sites (tertiary alicyclic amines) is 1. The van der Waals surface area contributed by atoms with Gasteiger partial charge in [-0.05, 0) is 73.6 Å². The van der Waals surface area contributed by atoms with Crippen LogP contribution >= 0.6 is 11.6 Å². The molecule has 2 aromatic carbocycles. The summed E-state index contributed by atoms with van der Waals surface area (Å²) in [4.78, 5) is 6.81. The van der Waals surface area contributed by atoms with Crippen LogP contribution in [0.4, 0.5) is 10.1 Å². The van der Waals surface area contributed by atoms with Gasteiger partial charge in [-0.2, -0.15) is 0 Å². The van der Waals surface area contributed by atoms with Crippen LogP contribution in [0, 0.1) is 12.7 Å². The topological polar surface area (TPSA) is 15.6 Å². The molecule has 0 bridgehead atoms. The Bertz CT molecular complexity index is 736. The molecule has 1 fully saturated rings. The van der Waals surface area contributed by atoms with Gasteiger partial charge in [0.05, 0.1) is 17.0 Å². The molecule has 0 atom stereocenters. The Hall–Kier alpha value is -1.87. The maximum Gasteiger partial charge on any atom is 0.123 e. The lowest BCUT2D eigenvalue weighted by Crippen LogP contribution is -2.28. The highest BCUT2D eigenvalue weighted by atomic mass is 35.5. The first-order valence-electron chi connectivity index (χ1n) is 8.43. The number of aryl methyl sites for hydroxylation is 1. The summed E-state index contributed by atoms with van der Waals surface area (Å²) in [6.45, 7) is 4.18. The number of hydrogen-bond acceptors (Lipinski definition) is 1. The molecular formula is C20H22ClFN2. The average Bonchev–Trinajstić information content (AvgIpc) is 2.57. The molecule has 1 saturated heterocycles. The number of aliphatic imine (C=N–C) groups is 1. The maximum atomic E-state index is 13.3. The molecule has 0 saturated carbocycles. The normalized spacial score (nSPS) is 15.2. The van der Waals surface area contributed by atoms with Crippen LogP contribution in [0.5, 0.6) is 0 Å². The molecule has 0 unspecified atom stereocenters. The van der Waals surface area contributed by atoms with Crippen molar-refractivity contribution in [3.8, 4) is 0 Å². The van der Waals surface area contributed by atoms with E-state index in [9.17, 15) is 4.39 Å². The molecule has 4 heteroatoms. The Balaban J connectivity index is 1.76. The van der Waals surface area contributed by atoms with E-state index in [-0.39, 0.29) is 5.82 Å². The number of benzene rings is 2. The van der Waals surface area contributed by atoms with Gasteiger partial charge in [0, 0.05) is 13.1 Å². The second-order valence-corrected chi connectivity index (χ2v) is 6.79. The van der Waals surface area contributed by atoms with Gasteiger partial charge < -0.3 is 4.90 Å². The fourth-order valence-corrected chi connectivity index (χ4v) is 3.28. The molecular weight excluding hydrogens is 323 g/mol. The van der Waals surface area contributed by atoms with E-state index >= 15 is 0 Å². The summed E-state index contributed by atoms with van der Waals surface area (Å²) in [6.07, 6.45) is 6.33. The summed E-state index contributed by atoms with van der Waals surface area (Å²) in [6, 6.07) is 10.7. The van der Waals surface area contributed by atoms with Crippen molar-refractivity contribution in [1.29, 1.82) is 0 Å². The quantitative estimate of drug-likeness (QED) is 0.526. The lowest BCUT2D eigenvalue weighted by Gasteiger charge is -2.23. The molecule has 0 radical (unpaired) electrons. The average molecular weight is 345 g/mol. The van der Waals surface area contributed by atoms with Crippen LogP contribution in [0.3, 0.4) is 0 Å². The van der Waals surface area contributed by atoms with E-state index in [0.717, 1.165) is 35.5 Å². The summed E-state index contributed by atoms with van der Waals surface area (Å²) < 4.78 is 13.3. The molecule has 1 aliphatic rings. The maximum absolute atomic E-state index is 13.3. The van der Waals surface area contributed by atoms with Crippen molar-refractivity contribution < 1.29 is 4.39 Å². The highest BCUT2D eigenvalue weighted by molar-refractivity contribution is 6.33. The molecule has 0 N–H and O–H groups in total. The number of hydrogen-bond donors (Lipinski definition) is 0. The van der Waals surface area contributed by atoms with Gasteiger partial charge in [-0.25, -0.2) is 9.38 Å². The standard InChI is InChI=1S/C20H22ClFN2/c1-15-10-20(23-14-24-8-3-2-4-9-24)19(21)13-17(15)11-16-6-5-7-18(22)12-16/h5-7,10,12-14H,2-4,8-9,11H2,1H3. The molecule has 0 spiro atoms. The fraction of sp³-hybridized carbons (Fsp3) is 0.350. The molecule has 2 nitrogen and oxygen atoms in total. The van der Waals surface area contributed by atoms with E-state index in [4.69, 9.17) is 11.6 Å². The Morgan fingerprint density at radius 1 is 1.17 bits per heavy atom. The van der Waals surface area contributed by atoms with Crippen LogP contribution in [-0.4, -0.2) is 24.3 Å². The van der Waals surface area contributed by atoms with Crippen molar-refractivity contribution in [2.24, 2.45) is 4.99 Å². The molecule has 3 rings (SSSR count). The van der Waals surface area contributed by atoms with Crippen LogP contribution in [0.15, 0.2) is 41.4 Å². The number of halogens is 2. The zero-order valence-corrected chi connectivity index (χ0v) is 14.7. The third kappa shape index (κ3) is 4.35. The summed E-state index contributed by atoms with van der Waals surface area (Å²) in [7, 11) is 0. The molecule has 2 aromatic rings. The summed E-state index contributed by atoms with van der Waals surface area (Å²) >= 11 is 6.41. The van der Waals surface area contributed by atoms with Gasteiger partial charge in [-0.3, -0.25) is 0 Å².